The summed E-state index contributed by atoms with van der Waals surface area (Å²) in [6, 6.07) is 5.39. The summed E-state index contributed by atoms with van der Waals surface area (Å²) in [5, 5.41) is 8.17. The van der Waals surface area contributed by atoms with Gasteiger partial charge >= 0.3 is 5.97 Å². The number of carbonyl (C=O) groups excluding carboxylic acids is 2. The molecule has 2 heterocycles. The van der Waals surface area contributed by atoms with E-state index >= 15 is 0 Å². The van der Waals surface area contributed by atoms with Gasteiger partial charge in [0.2, 0.25) is 5.91 Å². The van der Waals surface area contributed by atoms with E-state index in [1.54, 1.807) is 0 Å². The van der Waals surface area contributed by atoms with E-state index in [-0.39, 0.29) is 18.1 Å². The van der Waals surface area contributed by atoms with Crippen LogP contribution in [-0.4, -0.2) is 67.9 Å². The number of methoxy groups -OCH3 is 1. The van der Waals surface area contributed by atoms with Crippen LogP contribution < -0.4 is 16.1 Å². The Morgan fingerprint density at radius 1 is 1.21 bits per heavy atom. The molecule has 0 bridgehead atoms. The van der Waals surface area contributed by atoms with Crippen molar-refractivity contribution in [3.63, 3.8) is 0 Å². The molecule has 0 spiro atoms. The zero-order valence-electron chi connectivity index (χ0n) is 16.5. The van der Waals surface area contributed by atoms with Crippen LogP contribution in [0.3, 0.4) is 0 Å². The third kappa shape index (κ3) is 4.05. The van der Waals surface area contributed by atoms with Crippen molar-refractivity contribution in [1.29, 1.82) is 0 Å². The molecule has 3 N–H and O–H groups in total. The van der Waals surface area contributed by atoms with Gasteiger partial charge in [-0.1, -0.05) is 6.07 Å². The first-order valence-electron chi connectivity index (χ1n) is 10.0. The number of nitrogens with one attached hydrogen (secondary N) is 3. The van der Waals surface area contributed by atoms with E-state index in [0.29, 0.717) is 17.2 Å². The minimum atomic E-state index is -0.422. The highest BCUT2D eigenvalue weighted by Gasteiger charge is 2.34. The standard InChI is InChI=1S/C20H29N5O3/c1-24-17(7-8-18(23-24)25-10-9-21-12-25)19(26)22-16-6-5-14(13-3-4-13)11-15(16)20(27)28-2/h5-6,11,13,17-18,21,23H,3-4,7-10,12H2,1-2H3,(H,22,26). The molecule has 2 atom stereocenters. The molecule has 1 aliphatic carbocycles. The lowest BCUT2D eigenvalue weighted by Crippen LogP contribution is -2.61. The molecule has 3 aliphatic rings. The van der Waals surface area contributed by atoms with Gasteiger partial charge in [-0.05, 0) is 49.3 Å². The molecule has 1 amide bonds. The molecule has 8 heteroatoms. The second kappa shape index (κ2) is 8.16. The average Bonchev–Trinajstić information content (AvgIpc) is 3.41. The summed E-state index contributed by atoms with van der Waals surface area (Å²) in [6.45, 7) is 2.88. The Kier molecular flexibility index (Phi) is 5.63. The number of rotatable bonds is 5. The fraction of sp³-hybridized carbons (Fsp3) is 0.600. The summed E-state index contributed by atoms with van der Waals surface area (Å²) >= 11 is 0. The van der Waals surface area contributed by atoms with E-state index in [1.807, 2.05) is 30.3 Å². The Bertz CT molecular complexity index is 745. The molecule has 2 unspecified atom stereocenters. The number of hydrogen-bond acceptors (Lipinski definition) is 7. The van der Waals surface area contributed by atoms with Crippen LogP contribution in [-0.2, 0) is 9.53 Å². The average molecular weight is 387 g/mol. The number of hydrazine groups is 1. The highest BCUT2D eigenvalue weighted by atomic mass is 16.5. The van der Waals surface area contributed by atoms with Crippen molar-refractivity contribution in [2.45, 2.75) is 43.8 Å². The van der Waals surface area contributed by atoms with Gasteiger partial charge in [0.25, 0.3) is 0 Å². The maximum absolute atomic E-state index is 12.9. The van der Waals surface area contributed by atoms with Gasteiger partial charge in [0.1, 0.15) is 6.04 Å². The van der Waals surface area contributed by atoms with Gasteiger partial charge in [0.15, 0.2) is 0 Å². The minimum absolute atomic E-state index is 0.114. The van der Waals surface area contributed by atoms with E-state index in [0.717, 1.165) is 51.0 Å². The molecule has 28 heavy (non-hydrogen) atoms. The largest absolute Gasteiger partial charge is 0.465 e. The summed E-state index contributed by atoms with van der Waals surface area (Å²) in [5.41, 5.74) is 5.50. The molecule has 1 saturated carbocycles. The summed E-state index contributed by atoms with van der Waals surface area (Å²) < 4.78 is 4.93. The van der Waals surface area contributed by atoms with E-state index in [1.165, 1.54) is 7.11 Å². The summed E-state index contributed by atoms with van der Waals surface area (Å²) in [5.74, 6) is -0.00862. The Morgan fingerprint density at radius 2 is 2.04 bits per heavy atom. The molecule has 0 radical (unpaired) electrons. The van der Waals surface area contributed by atoms with Gasteiger partial charge in [-0.15, -0.1) is 0 Å². The molecule has 152 valence electrons. The molecule has 3 fully saturated rings. The van der Waals surface area contributed by atoms with Crippen LogP contribution in [0.1, 0.15) is 47.5 Å². The van der Waals surface area contributed by atoms with Gasteiger partial charge in [-0.3, -0.25) is 9.69 Å². The zero-order valence-corrected chi connectivity index (χ0v) is 16.5. The van der Waals surface area contributed by atoms with E-state index in [9.17, 15) is 9.59 Å². The molecule has 2 aliphatic heterocycles. The summed E-state index contributed by atoms with van der Waals surface area (Å²) in [4.78, 5) is 27.5. The molecular formula is C20H29N5O3. The summed E-state index contributed by atoms with van der Waals surface area (Å²) in [7, 11) is 3.27. The first kappa shape index (κ1) is 19.3. The highest BCUT2D eigenvalue weighted by Crippen LogP contribution is 2.41. The van der Waals surface area contributed by atoms with Crippen molar-refractivity contribution >= 4 is 17.6 Å². The Balaban J connectivity index is 1.43. The Labute approximate surface area is 165 Å². The van der Waals surface area contributed by atoms with Crippen molar-refractivity contribution in [3.8, 4) is 0 Å². The van der Waals surface area contributed by atoms with E-state index in [4.69, 9.17) is 4.74 Å². The molecule has 1 aromatic rings. The number of nitrogens with zero attached hydrogens (tertiary/aromatic N) is 2. The molecule has 2 saturated heterocycles. The van der Waals surface area contributed by atoms with Crippen LogP contribution in [0, 0.1) is 0 Å². The minimum Gasteiger partial charge on any atom is -0.465 e. The van der Waals surface area contributed by atoms with Crippen molar-refractivity contribution in [1.82, 2.24) is 20.7 Å². The van der Waals surface area contributed by atoms with Crippen molar-refractivity contribution in [2.24, 2.45) is 0 Å². The second-order valence-electron chi connectivity index (χ2n) is 7.88. The van der Waals surface area contributed by atoms with E-state index in [2.05, 4.69) is 21.0 Å². The third-order valence-electron chi connectivity index (χ3n) is 5.92. The predicted octanol–water partition coefficient (Wildman–Crippen LogP) is 1.08. The third-order valence-corrected chi connectivity index (χ3v) is 5.92. The number of carbonyl (C=O) groups is 2. The van der Waals surface area contributed by atoms with Gasteiger partial charge in [0.05, 0.1) is 24.5 Å². The van der Waals surface area contributed by atoms with Gasteiger partial charge in [0, 0.05) is 26.8 Å². The normalized spacial score (nSPS) is 26.2. The number of benzene rings is 1. The van der Waals surface area contributed by atoms with Crippen molar-refractivity contribution in [3.05, 3.63) is 29.3 Å². The quantitative estimate of drug-likeness (QED) is 0.652. The van der Waals surface area contributed by atoms with Crippen molar-refractivity contribution in [2.75, 3.05) is 39.2 Å². The van der Waals surface area contributed by atoms with Gasteiger partial charge in [-0.25, -0.2) is 15.2 Å². The molecule has 0 aromatic heterocycles. The first-order chi connectivity index (χ1) is 13.6. The van der Waals surface area contributed by atoms with Gasteiger partial charge in [-0.2, -0.15) is 0 Å². The summed E-state index contributed by atoms with van der Waals surface area (Å²) in [6.07, 6.45) is 4.20. The van der Waals surface area contributed by atoms with Crippen LogP contribution in [0.4, 0.5) is 5.69 Å². The van der Waals surface area contributed by atoms with Crippen LogP contribution >= 0.6 is 0 Å². The van der Waals surface area contributed by atoms with Crippen molar-refractivity contribution < 1.29 is 14.3 Å². The molecular weight excluding hydrogens is 358 g/mol. The number of likely N-dealkylation sites (N-methyl/N-ethyl adjacent to an activating group) is 1. The first-order valence-corrected chi connectivity index (χ1v) is 10.0. The van der Waals surface area contributed by atoms with Crippen LogP contribution in [0.2, 0.25) is 0 Å². The van der Waals surface area contributed by atoms with E-state index < -0.39 is 5.97 Å². The fourth-order valence-electron chi connectivity index (χ4n) is 4.10. The topological polar surface area (TPSA) is 85.9 Å². The predicted molar refractivity (Wildman–Crippen MR) is 106 cm³/mol. The molecule has 1 aromatic carbocycles. The number of anilines is 1. The number of ether oxygens (including phenoxy) is 1. The monoisotopic (exact) mass is 387 g/mol. The maximum Gasteiger partial charge on any atom is 0.339 e. The smallest absolute Gasteiger partial charge is 0.339 e. The van der Waals surface area contributed by atoms with Gasteiger partial charge < -0.3 is 15.4 Å². The SMILES string of the molecule is COC(=O)c1cc(C2CC2)ccc1NC(=O)C1CCC(N2CCNC2)NN1C. The second-order valence-corrected chi connectivity index (χ2v) is 7.88. The lowest BCUT2D eigenvalue weighted by atomic mass is 10.0. The Morgan fingerprint density at radius 3 is 2.68 bits per heavy atom. The van der Waals surface area contributed by atoms with Crippen LogP contribution in [0.25, 0.3) is 0 Å². The number of esters is 1. The number of amides is 1. The van der Waals surface area contributed by atoms with Crippen LogP contribution in [0.15, 0.2) is 18.2 Å². The molecule has 4 rings (SSSR count). The lowest BCUT2D eigenvalue weighted by Gasteiger charge is -2.40. The number of hydrogen-bond donors (Lipinski definition) is 3. The Hall–Kier alpha value is -2.00. The zero-order chi connectivity index (χ0) is 19.7. The highest BCUT2D eigenvalue weighted by molar-refractivity contribution is 6.03. The fourth-order valence-corrected chi connectivity index (χ4v) is 4.10. The maximum atomic E-state index is 12.9. The molecule has 8 nitrogen and oxygen atoms in total. The lowest BCUT2D eigenvalue weighted by molar-refractivity contribution is -0.125. The van der Waals surface area contributed by atoms with Crippen LogP contribution in [0.5, 0.6) is 0 Å².